The molecule has 2 rings (SSSR count). The first kappa shape index (κ1) is 16.9. The van der Waals surface area contributed by atoms with Gasteiger partial charge < -0.3 is 14.2 Å². The van der Waals surface area contributed by atoms with E-state index in [0.29, 0.717) is 0 Å². The summed E-state index contributed by atoms with van der Waals surface area (Å²) in [6.07, 6.45) is -4.68. The minimum atomic E-state index is -1.89. The van der Waals surface area contributed by atoms with Crippen molar-refractivity contribution in [1.82, 2.24) is 9.55 Å². The average molecular weight is 330 g/mol. The van der Waals surface area contributed by atoms with Gasteiger partial charge >= 0.3 is 17.6 Å². The summed E-state index contributed by atoms with van der Waals surface area (Å²) in [4.78, 5) is 46.8. The third-order valence-corrected chi connectivity index (χ3v) is 3.15. The van der Waals surface area contributed by atoms with Crippen molar-refractivity contribution in [3.05, 3.63) is 33.1 Å². The Hall–Kier alpha value is -2.49. The summed E-state index contributed by atoms with van der Waals surface area (Å²) in [5, 5.41) is 0. The topological polar surface area (TPSA) is 117 Å². The number of carbonyl (C=O) groups excluding carboxylic acids is 2. The summed E-state index contributed by atoms with van der Waals surface area (Å²) in [5.74, 6) is -1.36. The van der Waals surface area contributed by atoms with E-state index in [-0.39, 0.29) is 6.61 Å². The number of nitrogens with zero attached hydrogens (tertiary/aromatic N) is 1. The molecule has 1 aromatic rings. The summed E-state index contributed by atoms with van der Waals surface area (Å²) in [6.45, 7) is 1.91. The molecular formula is C13H15FN2O7. The Kier molecular flexibility index (Phi) is 4.94. The van der Waals surface area contributed by atoms with Gasteiger partial charge in [0.05, 0.1) is 0 Å². The first-order valence-electron chi connectivity index (χ1n) is 6.71. The van der Waals surface area contributed by atoms with Gasteiger partial charge in [-0.1, -0.05) is 0 Å². The van der Waals surface area contributed by atoms with E-state index in [9.17, 15) is 23.6 Å². The number of alkyl halides is 1. The number of rotatable bonds is 4. The van der Waals surface area contributed by atoms with Gasteiger partial charge in [0.15, 0.2) is 18.5 Å². The van der Waals surface area contributed by atoms with Crippen LogP contribution >= 0.6 is 0 Å². The molecule has 2 heterocycles. The molecule has 1 N–H and O–H groups in total. The van der Waals surface area contributed by atoms with Crippen LogP contribution in [0.25, 0.3) is 0 Å². The number of ether oxygens (including phenoxy) is 3. The van der Waals surface area contributed by atoms with Crippen LogP contribution < -0.4 is 11.2 Å². The van der Waals surface area contributed by atoms with Gasteiger partial charge in [-0.3, -0.25) is 23.9 Å². The molecule has 4 atom stereocenters. The fraction of sp³-hybridized carbons (Fsp3) is 0.538. The maximum Gasteiger partial charge on any atom is 0.330 e. The lowest BCUT2D eigenvalue weighted by Gasteiger charge is -2.18. The van der Waals surface area contributed by atoms with E-state index < -0.39 is 47.8 Å². The fourth-order valence-electron chi connectivity index (χ4n) is 2.21. The molecule has 0 radical (unpaired) electrons. The van der Waals surface area contributed by atoms with Gasteiger partial charge in [-0.15, -0.1) is 0 Å². The number of hydrogen-bond donors (Lipinski definition) is 1. The third kappa shape index (κ3) is 3.83. The first-order valence-corrected chi connectivity index (χ1v) is 6.71. The van der Waals surface area contributed by atoms with Crippen LogP contribution in [0, 0.1) is 0 Å². The number of carbonyl (C=O) groups is 2. The van der Waals surface area contributed by atoms with Crippen LogP contribution in [0.1, 0.15) is 20.1 Å². The molecule has 1 fully saturated rings. The van der Waals surface area contributed by atoms with E-state index in [1.165, 1.54) is 0 Å². The van der Waals surface area contributed by atoms with Gasteiger partial charge in [-0.2, -0.15) is 0 Å². The Balaban J connectivity index is 2.27. The Bertz CT molecular complexity index is 713. The van der Waals surface area contributed by atoms with Crippen molar-refractivity contribution in [3.63, 3.8) is 0 Å². The van der Waals surface area contributed by atoms with Crippen LogP contribution in [0.3, 0.4) is 0 Å². The van der Waals surface area contributed by atoms with Crippen LogP contribution in [-0.2, 0) is 23.8 Å². The highest BCUT2D eigenvalue weighted by Gasteiger charge is 2.49. The molecule has 0 saturated carbocycles. The van der Waals surface area contributed by atoms with Gasteiger partial charge in [-0.25, -0.2) is 9.18 Å². The lowest BCUT2D eigenvalue weighted by molar-refractivity contribution is -0.156. The monoisotopic (exact) mass is 330 g/mol. The van der Waals surface area contributed by atoms with E-state index in [1.54, 1.807) is 0 Å². The second-order valence-electron chi connectivity index (χ2n) is 4.90. The van der Waals surface area contributed by atoms with Crippen molar-refractivity contribution in [1.29, 1.82) is 0 Å². The molecule has 23 heavy (non-hydrogen) atoms. The van der Waals surface area contributed by atoms with Crippen molar-refractivity contribution in [2.45, 2.75) is 38.5 Å². The largest absolute Gasteiger partial charge is 0.463 e. The molecule has 10 heteroatoms. The molecule has 126 valence electrons. The Morgan fingerprint density at radius 2 is 2.04 bits per heavy atom. The third-order valence-electron chi connectivity index (χ3n) is 3.15. The molecule has 0 aliphatic carbocycles. The summed E-state index contributed by atoms with van der Waals surface area (Å²) in [7, 11) is 0. The number of aromatic nitrogens is 2. The smallest absolute Gasteiger partial charge is 0.330 e. The Labute approximate surface area is 129 Å². The minimum Gasteiger partial charge on any atom is -0.463 e. The summed E-state index contributed by atoms with van der Waals surface area (Å²) >= 11 is 0. The lowest BCUT2D eigenvalue weighted by Crippen LogP contribution is -2.37. The maximum atomic E-state index is 14.6. The SMILES string of the molecule is CC(=O)OC[C@@H]1O[C@H](n2ccc(=O)[nH]c2=O)[C@@H](F)[C@@H]1OC(C)=O. The van der Waals surface area contributed by atoms with Crippen LogP contribution in [0.15, 0.2) is 21.9 Å². The van der Waals surface area contributed by atoms with Crippen LogP contribution in [-0.4, -0.2) is 46.5 Å². The Morgan fingerprint density at radius 3 is 2.61 bits per heavy atom. The van der Waals surface area contributed by atoms with Crippen molar-refractivity contribution in [3.8, 4) is 0 Å². The standard InChI is InChI=1S/C13H15FN2O7/c1-6(17)21-5-8-11(22-7(2)18)10(14)12(23-8)16-4-3-9(19)15-13(16)20/h3-4,8,10-12H,5H2,1-2H3,(H,15,19,20)/t8-,10-,11+,12-/m0/s1. The van der Waals surface area contributed by atoms with Gasteiger partial charge in [-0.05, 0) is 0 Å². The van der Waals surface area contributed by atoms with E-state index in [0.717, 1.165) is 30.7 Å². The van der Waals surface area contributed by atoms with E-state index in [4.69, 9.17) is 14.2 Å². The minimum absolute atomic E-state index is 0.345. The number of esters is 2. The van der Waals surface area contributed by atoms with Crippen molar-refractivity contribution < 1.29 is 28.2 Å². The normalized spacial score (nSPS) is 26.7. The molecule has 0 bridgehead atoms. The highest BCUT2D eigenvalue weighted by atomic mass is 19.1. The molecule has 0 amide bonds. The highest BCUT2D eigenvalue weighted by Crippen LogP contribution is 2.33. The number of halogens is 1. The number of nitrogens with one attached hydrogen (secondary N) is 1. The van der Waals surface area contributed by atoms with E-state index in [1.807, 2.05) is 4.98 Å². The average Bonchev–Trinajstić information content (AvgIpc) is 2.73. The molecule has 0 aromatic carbocycles. The molecular weight excluding hydrogens is 315 g/mol. The highest BCUT2D eigenvalue weighted by molar-refractivity contribution is 5.66. The van der Waals surface area contributed by atoms with Crippen molar-refractivity contribution in [2.75, 3.05) is 6.61 Å². The predicted octanol–water partition coefficient (Wildman–Crippen LogP) is -0.733. The van der Waals surface area contributed by atoms with Crippen LogP contribution in [0.2, 0.25) is 0 Å². The van der Waals surface area contributed by atoms with Gasteiger partial charge in [0.1, 0.15) is 12.7 Å². The van der Waals surface area contributed by atoms with Gasteiger partial charge in [0.2, 0.25) is 0 Å². The molecule has 1 aliphatic rings. The van der Waals surface area contributed by atoms with Crippen LogP contribution in [0.5, 0.6) is 0 Å². The molecule has 1 saturated heterocycles. The second-order valence-corrected chi connectivity index (χ2v) is 4.90. The summed E-state index contributed by atoms with van der Waals surface area (Å²) in [5.41, 5.74) is -1.52. The number of aromatic amines is 1. The predicted molar refractivity (Wildman–Crippen MR) is 72.3 cm³/mol. The van der Waals surface area contributed by atoms with Crippen molar-refractivity contribution in [2.24, 2.45) is 0 Å². The summed E-state index contributed by atoms with van der Waals surface area (Å²) < 4.78 is 30.4. The zero-order valence-corrected chi connectivity index (χ0v) is 12.4. The zero-order chi connectivity index (χ0) is 17.1. The molecule has 0 spiro atoms. The molecule has 1 aromatic heterocycles. The number of H-pyrrole nitrogens is 1. The van der Waals surface area contributed by atoms with Crippen molar-refractivity contribution >= 4 is 11.9 Å². The van der Waals surface area contributed by atoms with E-state index >= 15 is 0 Å². The zero-order valence-electron chi connectivity index (χ0n) is 12.4. The Morgan fingerprint density at radius 1 is 1.35 bits per heavy atom. The van der Waals surface area contributed by atoms with Gasteiger partial charge in [0.25, 0.3) is 5.56 Å². The van der Waals surface area contributed by atoms with E-state index in [2.05, 4.69) is 0 Å². The molecule has 0 unspecified atom stereocenters. The van der Waals surface area contributed by atoms with Gasteiger partial charge in [0, 0.05) is 26.1 Å². The molecule has 9 nitrogen and oxygen atoms in total. The quantitative estimate of drug-likeness (QED) is 0.723. The maximum absolute atomic E-state index is 14.6. The number of hydrogen-bond acceptors (Lipinski definition) is 7. The molecule has 1 aliphatic heterocycles. The lowest BCUT2D eigenvalue weighted by atomic mass is 10.1. The van der Waals surface area contributed by atoms with Crippen LogP contribution in [0.4, 0.5) is 4.39 Å². The first-order chi connectivity index (χ1) is 10.8. The summed E-state index contributed by atoms with van der Waals surface area (Å²) in [6, 6.07) is 1.03. The second kappa shape index (κ2) is 6.73. The fourth-order valence-corrected chi connectivity index (χ4v) is 2.21.